The molecule has 11 nitrogen and oxygen atoms in total. The van der Waals surface area contributed by atoms with Gasteiger partial charge in [0, 0.05) is 17.7 Å². The smallest absolute Gasteiger partial charge is 0.339 e. The van der Waals surface area contributed by atoms with Crippen molar-refractivity contribution in [3.8, 4) is 0 Å². The van der Waals surface area contributed by atoms with E-state index in [0.29, 0.717) is 0 Å². The Kier molecular flexibility index (Phi) is 7.78. The van der Waals surface area contributed by atoms with Gasteiger partial charge >= 0.3 is 11.9 Å². The maximum atomic E-state index is 12.2. The fourth-order valence-corrected chi connectivity index (χ4v) is 2.43. The minimum absolute atomic E-state index is 0.00832. The van der Waals surface area contributed by atoms with Crippen LogP contribution < -0.4 is 10.6 Å². The van der Waals surface area contributed by atoms with Gasteiger partial charge in [0.25, 0.3) is 17.5 Å². The number of nitrogens with one attached hydrogen (secondary N) is 2. The van der Waals surface area contributed by atoms with E-state index in [-0.39, 0.29) is 22.5 Å². The van der Waals surface area contributed by atoms with Crippen molar-refractivity contribution in [3.63, 3.8) is 0 Å². The molecule has 2 rings (SSSR count). The minimum atomic E-state index is -1.12. The molecule has 0 heterocycles. The SMILES string of the molecule is COC(=O)c1ccccc1NC(=O)COC(=O)C(C)NC(=O)c1cccc([N+](=O)[O-])c1. The first kappa shape index (κ1) is 23.0. The normalized spacial score (nSPS) is 11.0. The van der Waals surface area contributed by atoms with Gasteiger partial charge in [-0.25, -0.2) is 9.59 Å². The summed E-state index contributed by atoms with van der Waals surface area (Å²) in [6.07, 6.45) is 0. The number of benzene rings is 2. The van der Waals surface area contributed by atoms with Crippen LogP contribution in [0.15, 0.2) is 48.5 Å². The van der Waals surface area contributed by atoms with E-state index < -0.39 is 41.3 Å². The van der Waals surface area contributed by atoms with E-state index in [2.05, 4.69) is 15.4 Å². The Bertz CT molecular complexity index is 1020. The molecule has 0 spiro atoms. The van der Waals surface area contributed by atoms with Gasteiger partial charge in [0.15, 0.2) is 6.61 Å². The van der Waals surface area contributed by atoms with Gasteiger partial charge in [-0.2, -0.15) is 0 Å². The fraction of sp³-hybridized carbons (Fsp3) is 0.200. The number of carbonyl (C=O) groups excluding carboxylic acids is 4. The molecular formula is C20H19N3O8. The number of non-ortho nitro benzene ring substituents is 1. The summed E-state index contributed by atoms with van der Waals surface area (Å²) in [5.74, 6) is -2.97. The van der Waals surface area contributed by atoms with Gasteiger partial charge in [0.1, 0.15) is 6.04 Å². The van der Waals surface area contributed by atoms with E-state index in [1.165, 1.54) is 44.4 Å². The average molecular weight is 429 g/mol. The number of carbonyl (C=O) groups is 4. The molecule has 2 aromatic rings. The molecule has 0 fully saturated rings. The van der Waals surface area contributed by atoms with Crippen LogP contribution in [0.3, 0.4) is 0 Å². The summed E-state index contributed by atoms with van der Waals surface area (Å²) in [7, 11) is 1.20. The number of nitro benzene ring substituents is 1. The Labute approximate surface area is 176 Å². The zero-order chi connectivity index (χ0) is 23.0. The Morgan fingerprint density at radius 3 is 2.48 bits per heavy atom. The number of nitrogens with zero attached hydrogens (tertiary/aromatic N) is 1. The summed E-state index contributed by atoms with van der Waals surface area (Å²) < 4.78 is 9.50. The highest BCUT2D eigenvalue weighted by atomic mass is 16.6. The highest BCUT2D eigenvalue weighted by molar-refractivity contribution is 6.02. The Hall–Kier alpha value is -4.28. The van der Waals surface area contributed by atoms with E-state index in [9.17, 15) is 29.3 Å². The number of para-hydroxylation sites is 1. The summed E-state index contributed by atoms with van der Waals surface area (Å²) in [6.45, 7) is 0.674. The van der Waals surface area contributed by atoms with E-state index in [0.717, 1.165) is 6.07 Å². The molecular weight excluding hydrogens is 410 g/mol. The van der Waals surface area contributed by atoms with Crippen molar-refractivity contribution in [2.24, 2.45) is 0 Å². The first-order valence-corrected chi connectivity index (χ1v) is 8.92. The van der Waals surface area contributed by atoms with Crippen molar-refractivity contribution in [1.82, 2.24) is 5.32 Å². The quantitative estimate of drug-likeness (QED) is 0.365. The Morgan fingerprint density at radius 2 is 1.81 bits per heavy atom. The average Bonchev–Trinajstić information content (AvgIpc) is 2.77. The summed E-state index contributed by atoms with van der Waals surface area (Å²) in [6, 6.07) is 9.99. The number of rotatable bonds is 8. The number of ether oxygens (including phenoxy) is 2. The lowest BCUT2D eigenvalue weighted by Gasteiger charge is -2.14. The molecule has 31 heavy (non-hydrogen) atoms. The Morgan fingerprint density at radius 1 is 1.10 bits per heavy atom. The first-order chi connectivity index (χ1) is 14.7. The molecule has 1 atom stereocenters. The van der Waals surface area contributed by atoms with Crippen LogP contribution in [0.5, 0.6) is 0 Å². The summed E-state index contributed by atoms with van der Waals surface area (Å²) in [4.78, 5) is 58.2. The van der Waals surface area contributed by atoms with Crippen molar-refractivity contribution in [2.45, 2.75) is 13.0 Å². The van der Waals surface area contributed by atoms with Crippen molar-refractivity contribution < 1.29 is 33.6 Å². The number of anilines is 1. The summed E-state index contributed by atoms with van der Waals surface area (Å²) >= 11 is 0. The van der Waals surface area contributed by atoms with Crippen LogP contribution in [0.2, 0.25) is 0 Å². The lowest BCUT2D eigenvalue weighted by molar-refractivity contribution is -0.384. The van der Waals surface area contributed by atoms with Crippen LogP contribution >= 0.6 is 0 Å². The summed E-state index contributed by atoms with van der Waals surface area (Å²) in [5.41, 5.74) is 0.0301. The number of methoxy groups -OCH3 is 1. The van der Waals surface area contributed by atoms with Crippen LogP contribution in [0.1, 0.15) is 27.6 Å². The Balaban J connectivity index is 1.90. The van der Waals surface area contributed by atoms with Crippen LogP contribution in [-0.4, -0.2) is 48.4 Å². The lowest BCUT2D eigenvalue weighted by atomic mass is 10.2. The number of hydrogen-bond donors (Lipinski definition) is 2. The molecule has 0 aliphatic carbocycles. The largest absolute Gasteiger partial charge is 0.465 e. The van der Waals surface area contributed by atoms with Gasteiger partial charge in [-0.15, -0.1) is 0 Å². The number of esters is 2. The number of hydrogen-bond acceptors (Lipinski definition) is 8. The van der Waals surface area contributed by atoms with Gasteiger partial charge in [-0.1, -0.05) is 18.2 Å². The monoisotopic (exact) mass is 429 g/mol. The van der Waals surface area contributed by atoms with E-state index >= 15 is 0 Å². The van der Waals surface area contributed by atoms with Crippen LogP contribution in [-0.2, 0) is 19.1 Å². The molecule has 0 radical (unpaired) electrons. The van der Waals surface area contributed by atoms with Crippen LogP contribution in [0, 0.1) is 10.1 Å². The highest BCUT2D eigenvalue weighted by Gasteiger charge is 2.21. The molecule has 2 aromatic carbocycles. The molecule has 0 aromatic heterocycles. The second kappa shape index (κ2) is 10.5. The highest BCUT2D eigenvalue weighted by Crippen LogP contribution is 2.16. The number of amides is 2. The summed E-state index contributed by atoms with van der Waals surface area (Å²) in [5, 5.41) is 15.6. The zero-order valence-corrected chi connectivity index (χ0v) is 16.6. The molecule has 2 N–H and O–H groups in total. The van der Waals surface area contributed by atoms with Crippen LogP contribution in [0.4, 0.5) is 11.4 Å². The molecule has 11 heteroatoms. The molecule has 0 saturated heterocycles. The van der Waals surface area contributed by atoms with Crippen molar-refractivity contribution >= 4 is 35.1 Å². The molecule has 2 amide bonds. The maximum absolute atomic E-state index is 12.2. The minimum Gasteiger partial charge on any atom is -0.465 e. The van der Waals surface area contributed by atoms with Crippen molar-refractivity contribution in [2.75, 3.05) is 19.0 Å². The van der Waals surface area contributed by atoms with Crippen LogP contribution in [0.25, 0.3) is 0 Å². The second-order valence-corrected chi connectivity index (χ2v) is 6.20. The standard InChI is InChI=1S/C20H19N3O8/c1-12(21-18(25)13-6-5-7-14(10-13)23(28)29)19(26)31-11-17(24)22-16-9-4-3-8-15(16)20(27)30-2/h3-10,12H,11H2,1-2H3,(H,21,25)(H,22,24). The molecule has 162 valence electrons. The molecule has 1 unspecified atom stereocenters. The van der Waals surface area contributed by atoms with E-state index in [1.54, 1.807) is 12.1 Å². The molecule has 0 bridgehead atoms. The third-order valence-electron chi connectivity index (χ3n) is 3.97. The fourth-order valence-electron chi connectivity index (χ4n) is 2.43. The van der Waals surface area contributed by atoms with Gasteiger partial charge in [-0.3, -0.25) is 19.7 Å². The predicted octanol–water partition coefficient (Wildman–Crippen LogP) is 1.68. The second-order valence-electron chi connectivity index (χ2n) is 6.20. The number of nitro groups is 1. The lowest BCUT2D eigenvalue weighted by Crippen LogP contribution is -2.40. The van der Waals surface area contributed by atoms with Gasteiger partial charge < -0.3 is 20.1 Å². The molecule has 0 aliphatic heterocycles. The van der Waals surface area contributed by atoms with Crippen molar-refractivity contribution in [1.29, 1.82) is 0 Å². The van der Waals surface area contributed by atoms with Gasteiger partial charge in [0.2, 0.25) is 0 Å². The molecule has 0 aliphatic rings. The van der Waals surface area contributed by atoms with E-state index in [4.69, 9.17) is 4.74 Å². The zero-order valence-electron chi connectivity index (χ0n) is 16.6. The molecule has 0 saturated carbocycles. The maximum Gasteiger partial charge on any atom is 0.339 e. The van der Waals surface area contributed by atoms with Crippen molar-refractivity contribution in [3.05, 3.63) is 69.8 Å². The van der Waals surface area contributed by atoms with Gasteiger partial charge in [0.05, 0.1) is 23.3 Å². The third kappa shape index (κ3) is 6.35. The first-order valence-electron chi connectivity index (χ1n) is 8.92. The van der Waals surface area contributed by atoms with E-state index in [1.807, 2.05) is 0 Å². The third-order valence-corrected chi connectivity index (χ3v) is 3.97. The topological polar surface area (TPSA) is 154 Å². The van der Waals surface area contributed by atoms with Gasteiger partial charge in [-0.05, 0) is 25.1 Å². The predicted molar refractivity (Wildman–Crippen MR) is 107 cm³/mol.